The fourth-order valence-corrected chi connectivity index (χ4v) is 3.76. The molecule has 3 amide bonds. The van der Waals surface area contributed by atoms with E-state index in [-0.39, 0.29) is 6.54 Å². The van der Waals surface area contributed by atoms with Crippen molar-refractivity contribution < 1.29 is 14.4 Å². The predicted molar refractivity (Wildman–Crippen MR) is 116 cm³/mol. The summed E-state index contributed by atoms with van der Waals surface area (Å²) >= 11 is 3.05. The first kappa shape index (κ1) is 19.6. The first-order valence-electron chi connectivity index (χ1n) is 8.22. The molecular formula is C20H17IN2O3S. The molecule has 1 aliphatic heterocycles. The fraction of sp³-hybridized carbons (Fsp3) is 0.150. The molecule has 0 aliphatic carbocycles. The zero-order valence-corrected chi connectivity index (χ0v) is 17.8. The van der Waals surface area contributed by atoms with E-state index in [0.29, 0.717) is 10.6 Å². The number of nitrogens with zero attached hydrogens (tertiary/aromatic N) is 1. The van der Waals surface area contributed by atoms with E-state index in [1.165, 1.54) is 0 Å². The smallest absolute Gasteiger partial charge is 0.294 e. The van der Waals surface area contributed by atoms with E-state index in [0.717, 1.165) is 36.9 Å². The molecule has 3 rings (SSSR count). The number of hydrogen-bond donors (Lipinski definition) is 1. The second-order valence-electron chi connectivity index (χ2n) is 6.12. The van der Waals surface area contributed by atoms with Crippen LogP contribution in [0.15, 0.2) is 47.4 Å². The van der Waals surface area contributed by atoms with Gasteiger partial charge < -0.3 is 5.32 Å². The molecule has 2 aromatic rings. The Morgan fingerprint density at radius 1 is 1.15 bits per heavy atom. The maximum absolute atomic E-state index is 12.5. The third-order valence-electron chi connectivity index (χ3n) is 4.22. The molecule has 138 valence electrons. The first-order valence-corrected chi connectivity index (χ1v) is 10.1. The van der Waals surface area contributed by atoms with Crippen LogP contribution in [-0.4, -0.2) is 28.5 Å². The molecule has 0 unspecified atom stereocenters. The summed E-state index contributed by atoms with van der Waals surface area (Å²) in [7, 11) is 0. The Kier molecular flexibility index (Phi) is 6.01. The molecule has 1 fully saturated rings. The van der Waals surface area contributed by atoms with Gasteiger partial charge in [-0.05, 0) is 89.2 Å². The van der Waals surface area contributed by atoms with E-state index < -0.39 is 17.1 Å². The molecule has 5 nitrogen and oxygen atoms in total. The average molecular weight is 492 g/mol. The number of amides is 3. The van der Waals surface area contributed by atoms with Gasteiger partial charge in [0.25, 0.3) is 11.1 Å². The monoisotopic (exact) mass is 492 g/mol. The van der Waals surface area contributed by atoms with Crippen molar-refractivity contribution in [3.63, 3.8) is 0 Å². The zero-order valence-electron chi connectivity index (χ0n) is 14.8. The molecular weight excluding hydrogens is 475 g/mol. The van der Waals surface area contributed by atoms with Crippen molar-refractivity contribution in [1.29, 1.82) is 0 Å². The van der Waals surface area contributed by atoms with E-state index >= 15 is 0 Å². The van der Waals surface area contributed by atoms with E-state index in [9.17, 15) is 14.4 Å². The molecule has 27 heavy (non-hydrogen) atoms. The summed E-state index contributed by atoms with van der Waals surface area (Å²) < 4.78 is 1.08. The molecule has 0 radical (unpaired) electrons. The van der Waals surface area contributed by atoms with Gasteiger partial charge in [0.1, 0.15) is 6.54 Å². The van der Waals surface area contributed by atoms with Crippen LogP contribution >= 0.6 is 34.4 Å². The number of anilines is 1. The number of nitrogens with one attached hydrogen (secondary N) is 1. The van der Waals surface area contributed by atoms with Crippen LogP contribution in [-0.2, 0) is 9.59 Å². The Labute approximate surface area is 175 Å². The number of carbonyl (C=O) groups excluding carboxylic acids is 3. The molecule has 7 heteroatoms. The third-order valence-corrected chi connectivity index (χ3v) is 5.85. The summed E-state index contributed by atoms with van der Waals surface area (Å²) in [5.74, 6) is -0.846. The van der Waals surface area contributed by atoms with Crippen LogP contribution < -0.4 is 5.32 Å². The van der Waals surface area contributed by atoms with Crippen LogP contribution in [0.4, 0.5) is 10.5 Å². The van der Waals surface area contributed by atoms with Gasteiger partial charge in [-0.25, -0.2) is 0 Å². The minimum Gasteiger partial charge on any atom is -0.324 e. The van der Waals surface area contributed by atoms with Crippen molar-refractivity contribution in [3.8, 4) is 0 Å². The Hall–Kier alpha value is -2.13. The highest BCUT2D eigenvalue weighted by Crippen LogP contribution is 2.32. The molecule has 0 atom stereocenters. The average Bonchev–Trinajstić information content (AvgIpc) is 2.88. The normalized spacial score (nSPS) is 15.5. The van der Waals surface area contributed by atoms with Crippen LogP contribution in [0.5, 0.6) is 0 Å². The second-order valence-corrected chi connectivity index (χ2v) is 8.35. The molecule has 0 saturated carbocycles. The largest absolute Gasteiger partial charge is 0.324 e. The lowest BCUT2D eigenvalue weighted by atomic mass is 10.1. The van der Waals surface area contributed by atoms with Gasteiger partial charge in [-0.2, -0.15) is 0 Å². The van der Waals surface area contributed by atoms with Gasteiger partial charge in [0, 0.05) is 9.26 Å². The summed E-state index contributed by atoms with van der Waals surface area (Å²) in [6.07, 6.45) is 1.67. The van der Waals surface area contributed by atoms with Crippen molar-refractivity contribution >= 4 is 63.2 Å². The SMILES string of the molecule is Cc1cccc(NC(=O)CN2C(=O)SC(=Cc3ccc(I)cc3)C2=O)c1C. The summed E-state index contributed by atoms with van der Waals surface area (Å²) in [4.78, 5) is 38.4. The number of halogens is 1. The zero-order chi connectivity index (χ0) is 19.6. The van der Waals surface area contributed by atoms with Crippen molar-refractivity contribution in [2.24, 2.45) is 0 Å². The van der Waals surface area contributed by atoms with Gasteiger partial charge in [0.2, 0.25) is 5.91 Å². The topological polar surface area (TPSA) is 66.5 Å². The maximum atomic E-state index is 12.5. The predicted octanol–water partition coefficient (Wildman–Crippen LogP) is 4.58. The molecule has 0 spiro atoms. The number of carbonyl (C=O) groups is 3. The molecule has 0 bridgehead atoms. The second kappa shape index (κ2) is 8.26. The van der Waals surface area contributed by atoms with Crippen LogP contribution in [0.25, 0.3) is 6.08 Å². The van der Waals surface area contributed by atoms with Crippen LogP contribution in [0, 0.1) is 17.4 Å². The minimum absolute atomic E-state index is 0.303. The van der Waals surface area contributed by atoms with Crippen LogP contribution in [0.3, 0.4) is 0 Å². The van der Waals surface area contributed by atoms with Gasteiger partial charge in [0.15, 0.2) is 0 Å². The number of thioether (sulfide) groups is 1. The molecule has 1 aliphatic rings. The quantitative estimate of drug-likeness (QED) is 0.501. The molecule has 2 aromatic carbocycles. The fourth-order valence-electron chi connectivity index (χ4n) is 2.57. The maximum Gasteiger partial charge on any atom is 0.294 e. The molecule has 1 N–H and O–H groups in total. The van der Waals surface area contributed by atoms with E-state index in [4.69, 9.17) is 0 Å². The van der Waals surface area contributed by atoms with Gasteiger partial charge in [-0.15, -0.1) is 0 Å². The Bertz CT molecular complexity index is 954. The number of imide groups is 1. The van der Waals surface area contributed by atoms with Gasteiger partial charge in [-0.3, -0.25) is 19.3 Å². The van der Waals surface area contributed by atoms with Crippen molar-refractivity contribution in [2.75, 3.05) is 11.9 Å². The highest BCUT2D eigenvalue weighted by atomic mass is 127. The van der Waals surface area contributed by atoms with Crippen molar-refractivity contribution in [2.45, 2.75) is 13.8 Å². The third kappa shape index (κ3) is 4.59. The number of hydrogen-bond acceptors (Lipinski definition) is 4. The number of benzene rings is 2. The lowest BCUT2D eigenvalue weighted by Crippen LogP contribution is -2.36. The Morgan fingerprint density at radius 3 is 2.56 bits per heavy atom. The first-order chi connectivity index (χ1) is 12.8. The Balaban J connectivity index is 1.71. The number of rotatable bonds is 4. The van der Waals surface area contributed by atoms with Crippen LogP contribution in [0.1, 0.15) is 16.7 Å². The van der Waals surface area contributed by atoms with Gasteiger partial charge in [0.05, 0.1) is 4.91 Å². The standard InChI is InChI=1S/C20H17IN2O3S/c1-12-4-3-5-16(13(12)2)22-18(24)11-23-19(25)17(27-20(23)26)10-14-6-8-15(21)9-7-14/h3-10H,11H2,1-2H3,(H,22,24). The lowest BCUT2D eigenvalue weighted by Gasteiger charge is -2.14. The highest BCUT2D eigenvalue weighted by Gasteiger charge is 2.36. The molecule has 1 heterocycles. The van der Waals surface area contributed by atoms with Crippen molar-refractivity contribution in [1.82, 2.24) is 4.90 Å². The Morgan fingerprint density at radius 2 is 1.85 bits per heavy atom. The number of aryl methyl sites for hydroxylation is 1. The molecule has 0 aromatic heterocycles. The molecule has 1 saturated heterocycles. The summed E-state index contributed by atoms with van der Waals surface area (Å²) in [5.41, 5.74) is 3.53. The van der Waals surface area contributed by atoms with Crippen molar-refractivity contribution in [3.05, 3.63) is 67.6 Å². The van der Waals surface area contributed by atoms with E-state index in [2.05, 4.69) is 27.9 Å². The van der Waals surface area contributed by atoms with E-state index in [1.807, 2.05) is 50.2 Å². The van der Waals surface area contributed by atoms with Gasteiger partial charge in [-0.1, -0.05) is 24.3 Å². The lowest BCUT2D eigenvalue weighted by molar-refractivity contribution is -0.127. The van der Waals surface area contributed by atoms with Crippen LogP contribution in [0.2, 0.25) is 0 Å². The summed E-state index contributed by atoms with van der Waals surface area (Å²) in [6.45, 7) is 3.56. The van der Waals surface area contributed by atoms with Gasteiger partial charge >= 0.3 is 0 Å². The summed E-state index contributed by atoms with van der Waals surface area (Å²) in [6, 6.07) is 13.2. The summed E-state index contributed by atoms with van der Waals surface area (Å²) in [5, 5.41) is 2.34. The minimum atomic E-state index is -0.445. The van der Waals surface area contributed by atoms with E-state index in [1.54, 1.807) is 12.1 Å². The highest BCUT2D eigenvalue weighted by molar-refractivity contribution is 14.1.